The molecule has 0 unspecified atom stereocenters. The fourth-order valence-corrected chi connectivity index (χ4v) is 2.89. The van der Waals surface area contributed by atoms with Crippen molar-refractivity contribution >= 4 is 10.9 Å². The van der Waals surface area contributed by atoms with Gasteiger partial charge in [0.2, 0.25) is 0 Å². The molecule has 0 spiro atoms. The first-order chi connectivity index (χ1) is 14.9. The van der Waals surface area contributed by atoms with Crippen LogP contribution >= 0.6 is 0 Å². The van der Waals surface area contributed by atoms with E-state index in [1.54, 1.807) is 6.07 Å². The van der Waals surface area contributed by atoms with Crippen molar-refractivity contribution in [2.45, 2.75) is 19.5 Å². The van der Waals surface area contributed by atoms with Gasteiger partial charge < -0.3 is 15.0 Å². The summed E-state index contributed by atoms with van der Waals surface area (Å²) in [6, 6.07) is 24.6. The molecule has 0 saturated heterocycles. The van der Waals surface area contributed by atoms with Gasteiger partial charge in [-0.05, 0) is 47.8 Å². The Morgan fingerprint density at radius 1 is 0.889 bits per heavy atom. The Morgan fingerprint density at radius 3 is 2.41 bits per heavy atom. The smallest absolute Gasteiger partial charge is 0.120 e. The molecule has 0 amide bonds. The first-order valence-electron chi connectivity index (χ1n) is 10.9. The molecule has 0 radical (unpaired) electrons. The Hall–Kier alpha value is -3.04. The van der Waals surface area contributed by atoms with Crippen LogP contribution in [-0.4, -0.2) is 11.5 Å². The fourth-order valence-electron chi connectivity index (χ4n) is 2.89. The number of H-pyrrole nitrogens is 1. The average molecular weight is 360 g/mol. The van der Waals surface area contributed by atoms with E-state index in [1.807, 2.05) is 72.8 Å². The lowest BCUT2D eigenvalue weighted by Gasteiger charge is -2.07. The molecule has 0 bridgehead atoms. The topological polar surface area (TPSA) is 37.0 Å². The van der Waals surface area contributed by atoms with Gasteiger partial charge in [0.25, 0.3) is 0 Å². The highest BCUT2D eigenvalue weighted by Crippen LogP contribution is 2.24. The number of aryl methyl sites for hydroxylation is 1. The summed E-state index contributed by atoms with van der Waals surface area (Å²) < 4.78 is 39.9. The van der Waals surface area contributed by atoms with Crippen molar-refractivity contribution in [2.75, 3.05) is 6.50 Å². The lowest BCUT2D eigenvalue weighted by Crippen LogP contribution is -2.16. The van der Waals surface area contributed by atoms with Gasteiger partial charge in [0.05, 0.1) is 0 Å². The number of fused-ring (bicyclic) bond motifs is 1. The largest absolute Gasteiger partial charge is 0.489 e. The molecule has 4 aromatic rings. The quantitative estimate of drug-likeness (QED) is 0.460. The number of hydrogen-bond donors (Lipinski definition) is 2. The van der Waals surface area contributed by atoms with Gasteiger partial charge in [-0.25, -0.2) is 0 Å². The molecule has 0 fully saturated rings. The van der Waals surface area contributed by atoms with E-state index < -0.39 is 12.9 Å². The third kappa shape index (κ3) is 4.57. The van der Waals surface area contributed by atoms with Crippen LogP contribution in [0, 0.1) is 0 Å². The van der Waals surface area contributed by atoms with Crippen molar-refractivity contribution in [3.63, 3.8) is 0 Å². The second kappa shape index (κ2) is 8.56. The predicted molar refractivity (Wildman–Crippen MR) is 111 cm³/mol. The molecule has 3 heteroatoms. The minimum atomic E-state index is -2.29. The van der Waals surface area contributed by atoms with E-state index in [2.05, 4.69) is 10.3 Å². The zero-order valence-corrected chi connectivity index (χ0v) is 14.9. The van der Waals surface area contributed by atoms with Crippen molar-refractivity contribution in [3.05, 3.63) is 102 Å². The predicted octanol–water partition coefficient (Wildman–Crippen LogP) is 5.08. The van der Waals surface area contributed by atoms with Crippen LogP contribution in [-0.2, 0) is 19.5 Å². The van der Waals surface area contributed by atoms with Gasteiger partial charge in [-0.3, -0.25) is 0 Å². The molecule has 0 aliphatic rings. The maximum atomic E-state index is 8.61. The van der Waals surface area contributed by atoms with Crippen molar-refractivity contribution in [1.29, 1.82) is 0 Å². The van der Waals surface area contributed by atoms with E-state index in [0.29, 0.717) is 17.7 Å². The van der Waals surface area contributed by atoms with Crippen LogP contribution in [0.5, 0.6) is 5.75 Å². The number of hydrogen-bond acceptors (Lipinski definition) is 2. The van der Waals surface area contributed by atoms with Gasteiger partial charge in [-0.2, -0.15) is 0 Å². The molecule has 0 aliphatic carbocycles. The van der Waals surface area contributed by atoms with Crippen LogP contribution in [0.2, 0.25) is 0 Å². The van der Waals surface area contributed by atoms with Crippen LogP contribution in [0.3, 0.4) is 0 Å². The zero-order valence-electron chi connectivity index (χ0n) is 18.9. The Kier molecular flexibility index (Phi) is 4.18. The zero-order chi connectivity index (χ0) is 21.9. The Balaban J connectivity index is 1.56. The lowest BCUT2D eigenvalue weighted by molar-refractivity contribution is 0.306. The highest BCUT2D eigenvalue weighted by atomic mass is 16.5. The van der Waals surface area contributed by atoms with Crippen LogP contribution in [0.15, 0.2) is 85.1 Å². The first kappa shape index (κ1) is 13.2. The van der Waals surface area contributed by atoms with E-state index in [-0.39, 0.29) is 12.1 Å². The van der Waals surface area contributed by atoms with Crippen LogP contribution < -0.4 is 10.1 Å². The van der Waals surface area contributed by atoms with Gasteiger partial charge in [0, 0.05) is 29.1 Å². The molecule has 1 aromatic heterocycles. The van der Waals surface area contributed by atoms with Gasteiger partial charge in [-0.1, -0.05) is 60.7 Å². The monoisotopic (exact) mass is 360 g/mol. The minimum absolute atomic E-state index is 0.223. The van der Waals surface area contributed by atoms with E-state index in [1.165, 1.54) is 6.20 Å². The summed E-state index contributed by atoms with van der Waals surface area (Å²) in [7, 11) is 0. The SMILES string of the molecule is [2H]C([2H])(NCc1ccccc1)C([2H])([2H])c1c[nH]c2ccc(OCc3ccccc3)cc12. The van der Waals surface area contributed by atoms with Crippen molar-refractivity contribution in [1.82, 2.24) is 10.3 Å². The lowest BCUT2D eigenvalue weighted by atomic mass is 10.1. The molecule has 0 aliphatic heterocycles. The third-order valence-electron chi connectivity index (χ3n) is 4.32. The number of ether oxygens (including phenoxy) is 1. The van der Waals surface area contributed by atoms with E-state index in [4.69, 9.17) is 10.2 Å². The Morgan fingerprint density at radius 2 is 1.63 bits per heavy atom. The van der Waals surface area contributed by atoms with Gasteiger partial charge in [-0.15, -0.1) is 0 Å². The van der Waals surface area contributed by atoms with Gasteiger partial charge in [0.15, 0.2) is 0 Å². The van der Waals surface area contributed by atoms with Crippen LogP contribution in [0.25, 0.3) is 10.9 Å². The number of nitrogens with one attached hydrogen (secondary N) is 2. The summed E-state index contributed by atoms with van der Waals surface area (Å²) in [5.74, 6) is 0.603. The molecule has 3 aromatic carbocycles. The molecule has 0 atom stereocenters. The summed E-state index contributed by atoms with van der Waals surface area (Å²) >= 11 is 0. The maximum absolute atomic E-state index is 8.61. The number of benzene rings is 3. The fraction of sp³-hybridized carbons (Fsp3) is 0.167. The van der Waals surface area contributed by atoms with Crippen molar-refractivity contribution in [3.8, 4) is 5.75 Å². The first-order valence-corrected chi connectivity index (χ1v) is 8.94. The van der Waals surface area contributed by atoms with Crippen molar-refractivity contribution in [2.24, 2.45) is 0 Å². The standard InChI is InChI=1S/C24H24N2O/c1-3-7-19(8-4-1)16-25-14-13-21-17-26-24-12-11-22(15-23(21)24)27-18-20-9-5-2-6-10-20/h1-12,15,17,25-26H,13-14,16,18H2/i13D2,14D2. The maximum Gasteiger partial charge on any atom is 0.120 e. The third-order valence-corrected chi connectivity index (χ3v) is 4.32. The summed E-state index contributed by atoms with van der Waals surface area (Å²) in [6.07, 6.45) is -0.744. The van der Waals surface area contributed by atoms with E-state index >= 15 is 0 Å². The summed E-state index contributed by atoms with van der Waals surface area (Å²) in [6.45, 7) is -1.67. The normalized spacial score (nSPS) is 14.2. The summed E-state index contributed by atoms with van der Waals surface area (Å²) in [5.41, 5.74) is 2.90. The van der Waals surface area contributed by atoms with Gasteiger partial charge in [0.1, 0.15) is 12.4 Å². The average Bonchev–Trinajstić information content (AvgIpc) is 3.22. The Bertz CT molecular complexity index is 1140. The molecule has 1 heterocycles. The van der Waals surface area contributed by atoms with E-state index in [0.717, 1.165) is 16.6 Å². The number of rotatable bonds is 8. The molecule has 27 heavy (non-hydrogen) atoms. The molecule has 3 nitrogen and oxygen atoms in total. The molecular weight excluding hydrogens is 332 g/mol. The Labute approximate surface area is 165 Å². The number of aromatic nitrogens is 1. The highest BCUT2D eigenvalue weighted by molar-refractivity contribution is 5.84. The van der Waals surface area contributed by atoms with Crippen LogP contribution in [0.4, 0.5) is 0 Å². The molecule has 136 valence electrons. The molecule has 0 saturated carbocycles. The highest BCUT2D eigenvalue weighted by Gasteiger charge is 2.06. The number of aromatic amines is 1. The van der Waals surface area contributed by atoms with Crippen LogP contribution in [0.1, 0.15) is 22.2 Å². The summed E-state index contributed by atoms with van der Waals surface area (Å²) in [4.78, 5) is 3.05. The van der Waals surface area contributed by atoms with E-state index in [9.17, 15) is 0 Å². The summed E-state index contributed by atoms with van der Waals surface area (Å²) in [5, 5.41) is 3.34. The van der Waals surface area contributed by atoms with Crippen molar-refractivity contribution < 1.29 is 10.2 Å². The van der Waals surface area contributed by atoms with Gasteiger partial charge >= 0.3 is 0 Å². The molecular formula is C24H24N2O. The minimum Gasteiger partial charge on any atom is -0.489 e. The second-order valence-corrected chi connectivity index (χ2v) is 6.27. The molecule has 4 rings (SSSR count). The molecule has 2 N–H and O–H groups in total. The second-order valence-electron chi connectivity index (χ2n) is 6.27.